The molecule has 1 aromatic heterocycles. The number of aliphatic hydroxyl groups excluding tert-OH is 1. The van der Waals surface area contributed by atoms with Gasteiger partial charge in [0.1, 0.15) is 0 Å². The molecule has 0 aliphatic heterocycles. The van der Waals surface area contributed by atoms with E-state index in [-0.39, 0.29) is 37.2 Å². The smallest absolute Gasteiger partial charge is 0.428 e. The van der Waals surface area contributed by atoms with Crippen molar-refractivity contribution in [2.24, 2.45) is 0 Å². The predicted octanol–water partition coefficient (Wildman–Crippen LogP) is 0.0891. The van der Waals surface area contributed by atoms with Gasteiger partial charge in [-0.25, -0.2) is 4.98 Å². The molecule has 2 rings (SSSR count). The Balaban J connectivity index is 0.00000264. The summed E-state index contributed by atoms with van der Waals surface area (Å²) >= 11 is 1.62. The van der Waals surface area contributed by atoms with E-state index in [1.165, 1.54) is 11.3 Å². The fourth-order valence-corrected chi connectivity index (χ4v) is 2.91. The molecule has 0 saturated heterocycles. The van der Waals surface area contributed by atoms with Crippen molar-refractivity contribution in [3.05, 3.63) is 54.4 Å². The molecule has 1 aromatic carbocycles. The van der Waals surface area contributed by atoms with E-state index in [0.717, 1.165) is 16.8 Å². The van der Waals surface area contributed by atoms with Crippen LogP contribution >= 0.6 is 11.3 Å². The molecule has 0 aliphatic rings. The number of hydrogen-bond acceptors (Lipinski definition) is 4. The van der Waals surface area contributed by atoms with Crippen LogP contribution in [0.2, 0.25) is 0 Å². The fourth-order valence-electron chi connectivity index (χ4n) is 2.10. The summed E-state index contributed by atoms with van der Waals surface area (Å²) in [7, 11) is 0. The summed E-state index contributed by atoms with van der Waals surface area (Å²) in [4.78, 5) is 17.1. The van der Waals surface area contributed by atoms with Crippen molar-refractivity contribution >= 4 is 17.2 Å². The molecule has 1 amide bonds. The van der Waals surface area contributed by atoms with Gasteiger partial charge < -0.3 is 28.6 Å². The van der Waals surface area contributed by atoms with Crippen molar-refractivity contribution in [1.82, 2.24) is 10.3 Å². The van der Waals surface area contributed by atoms with Crippen LogP contribution in [0.3, 0.4) is 0 Å². The minimum atomic E-state index is -0.747. The second-order valence-corrected chi connectivity index (χ2v) is 6.07. The van der Waals surface area contributed by atoms with Crippen molar-refractivity contribution in [3.8, 4) is 10.4 Å². The summed E-state index contributed by atoms with van der Waals surface area (Å²) in [5.74, 6) is -0.197. The summed E-state index contributed by atoms with van der Waals surface area (Å²) in [5, 5.41) is 11.9. The van der Waals surface area contributed by atoms with Crippen LogP contribution in [0.5, 0.6) is 0 Å². The molecule has 0 radical (unpaired) electrons. The van der Waals surface area contributed by atoms with Crippen LogP contribution in [-0.2, 0) is 4.79 Å². The van der Waals surface area contributed by atoms with Gasteiger partial charge in [-0.15, -0.1) is 11.3 Å². The molecule has 1 heterocycles. The Hall–Kier alpha value is -1.25. The molecule has 6 heteroatoms. The summed E-state index contributed by atoms with van der Waals surface area (Å²) in [6, 6.07) is 8.01. The molecule has 0 saturated carbocycles. The normalized spacial score (nSPS) is 12.9. The van der Waals surface area contributed by atoms with Crippen molar-refractivity contribution in [1.29, 1.82) is 0 Å². The number of rotatable bonds is 6. The summed E-state index contributed by atoms with van der Waals surface area (Å²) < 4.78 is 0. The third-order valence-corrected chi connectivity index (χ3v) is 4.33. The first-order valence-corrected chi connectivity index (χ1v) is 8.00. The Labute approximate surface area is 153 Å². The fraction of sp³-hybridized carbons (Fsp3) is 0.294. The molecule has 0 spiro atoms. The molecular weight excluding hydrogens is 303 g/mol. The van der Waals surface area contributed by atoms with Gasteiger partial charge in [-0.05, 0) is 25.0 Å². The number of hydrogen-bond donors (Lipinski definition) is 2. The summed E-state index contributed by atoms with van der Waals surface area (Å²) in [6.07, 6.45) is 0.925. The van der Waals surface area contributed by atoms with E-state index in [4.69, 9.17) is 5.11 Å². The number of aryl methyl sites for hydroxylation is 1. The monoisotopic (exact) mass is 323 g/mol. The standard InChI is InChI=1S/C17H20N2O2S.Li/c1-11(20)4-9-16(21)19-12(2)14-5-7-15(8-6-14)17-13(3)18-10-22-17;/h5-12,20H,1,4H2,2-3H3,(H,19,21);/q-2;+1/t11-,12-;/m0./s1. The summed E-state index contributed by atoms with van der Waals surface area (Å²) in [6.45, 7) is 7.35. The topological polar surface area (TPSA) is 62.2 Å². The van der Waals surface area contributed by atoms with E-state index >= 15 is 0 Å². The number of carbonyl (C=O) groups excluding carboxylic acids is 1. The maximum Gasteiger partial charge on any atom is 1.00 e. The SMILES string of the molecule is [CH2-][C@H](O)C[CH-]C(=O)N[C@@H](C)c1ccc(-c2scnc2C)cc1.[Li+]. The van der Waals surface area contributed by atoms with Crippen LogP contribution in [0.25, 0.3) is 10.4 Å². The Bertz CT molecular complexity index is 626. The number of aromatic nitrogens is 1. The van der Waals surface area contributed by atoms with Crippen LogP contribution in [-0.4, -0.2) is 22.1 Å². The minimum Gasteiger partial charge on any atom is -0.428 e. The molecule has 2 aromatic rings. The molecular formula is C17H20LiN2O2S-. The molecule has 2 atom stereocenters. The van der Waals surface area contributed by atoms with Gasteiger partial charge in [-0.3, -0.25) is 0 Å². The Morgan fingerprint density at radius 3 is 2.61 bits per heavy atom. The second-order valence-electron chi connectivity index (χ2n) is 5.21. The molecule has 2 N–H and O–H groups in total. The van der Waals surface area contributed by atoms with Crippen molar-refractivity contribution in [2.45, 2.75) is 32.4 Å². The second kappa shape index (κ2) is 9.14. The van der Waals surface area contributed by atoms with Gasteiger partial charge in [0.05, 0.1) is 22.0 Å². The first kappa shape index (κ1) is 19.8. The third kappa shape index (κ3) is 5.71. The van der Waals surface area contributed by atoms with Crippen molar-refractivity contribution in [2.75, 3.05) is 0 Å². The number of thiazole rings is 1. The molecule has 118 valence electrons. The van der Waals surface area contributed by atoms with Gasteiger partial charge in [0.15, 0.2) is 0 Å². The number of benzene rings is 1. The van der Waals surface area contributed by atoms with Crippen LogP contribution in [0, 0.1) is 20.3 Å². The van der Waals surface area contributed by atoms with E-state index in [0.29, 0.717) is 0 Å². The number of nitrogens with one attached hydrogen (secondary N) is 1. The molecule has 0 unspecified atom stereocenters. The molecule has 0 bridgehead atoms. The van der Waals surface area contributed by atoms with Gasteiger partial charge in [-0.1, -0.05) is 30.4 Å². The Morgan fingerprint density at radius 1 is 1.43 bits per heavy atom. The average molecular weight is 323 g/mol. The van der Waals surface area contributed by atoms with Crippen LogP contribution in [0.4, 0.5) is 0 Å². The average Bonchev–Trinajstić information content (AvgIpc) is 2.91. The molecule has 4 nitrogen and oxygen atoms in total. The van der Waals surface area contributed by atoms with Gasteiger partial charge >= 0.3 is 18.9 Å². The molecule has 0 fully saturated rings. The van der Waals surface area contributed by atoms with Gasteiger partial charge in [0.2, 0.25) is 0 Å². The molecule has 0 aliphatic carbocycles. The van der Waals surface area contributed by atoms with Gasteiger partial charge in [0.25, 0.3) is 0 Å². The molecule has 23 heavy (non-hydrogen) atoms. The van der Waals surface area contributed by atoms with Crippen molar-refractivity contribution < 1.29 is 28.8 Å². The van der Waals surface area contributed by atoms with E-state index < -0.39 is 6.10 Å². The maximum atomic E-state index is 11.7. The predicted molar refractivity (Wildman–Crippen MR) is 89.1 cm³/mol. The van der Waals surface area contributed by atoms with Crippen LogP contribution < -0.4 is 24.2 Å². The number of carbonyl (C=O) groups is 1. The first-order chi connectivity index (χ1) is 10.5. The summed E-state index contributed by atoms with van der Waals surface area (Å²) in [5.41, 5.74) is 5.03. The van der Waals surface area contributed by atoms with E-state index in [9.17, 15) is 4.79 Å². The largest absolute Gasteiger partial charge is 1.00 e. The minimum absolute atomic E-state index is 0. The number of aliphatic hydroxyl groups is 1. The maximum absolute atomic E-state index is 11.7. The van der Waals surface area contributed by atoms with Gasteiger partial charge in [0, 0.05) is 6.04 Å². The number of amides is 1. The van der Waals surface area contributed by atoms with E-state index in [1.807, 2.05) is 43.6 Å². The zero-order valence-corrected chi connectivity index (χ0v) is 14.6. The van der Waals surface area contributed by atoms with Crippen LogP contribution in [0.15, 0.2) is 29.8 Å². The third-order valence-electron chi connectivity index (χ3n) is 3.35. The van der Waals surface area contributed by atoms with E-state index in [2.05, 4.69) is 17.2 Å². The Kier molecular flexibility index (Phi) is 7.87. The first-order valence-electron chi connectivity index (χ1n) is 7.12. The zero-order chi connectivity index (χ0) is 16.1. The zero-order valence-electron chi connectivity index (χ0n) is 13.7. The quantitative estimate of drug-likeness (QED) is 0.585. The van der Waals surface area contributed by atoms with Crippen molar-refractivity contribution in [3.63, 3.8) is 0 Å². The van der Waals surface area contributed by atoms with Crippen LogP contribution in [0.1, 0.15) is 30.6 Å². The Morgan fingerprint density at radius 2 is 2.09 bits per heavy atom. The number of nitrogens with zero attached hydrogens (tertiary/aromatic N) is 1. The van der Waals surface area contributed by atoms with Gasteiger partial charge in [-0.2, -0.15) is 6.42 Å². The van der Waals surface area contributed by atoms with E-state index in [1.54, 1.807) is 11.3 Å².